The third kappa shape index (κ3) is 3.96. The molecule has 0 bridgehead atoms. The number of halogens is 1. The summed E-state index contributed by atoms with van der Waals surface area (Å²) in [4.78, 5) is 25.4. The maximum atomic E-state index is 12.0. The number of alkyl carbamates (subject to hydrolysis) is 1. The second-order valence-corrected chi connectivity index (χ2v) is 6.52. The number of rotatable bonds is 3. The van der Waals surface area contributed by atoms with Crippen molar-refractivity contribution < 1.29 is 9.53 Å². The maximum Gasteiger partial charge on any atom is 0.407 e. The lowest BCUT2D eigenvalue weighted by Gasteiger charge is -2.23. The quantitative estimate of drug-likeness (QED) is 0.879. The summed E-state index contributed by atoms with van der Waals surface area (Å²) in [6.45, 7) is 1.19. The Labute approximate surface area is 139 Å². The molecule has 1 saturated carbocycles. The third-order valence-electron chi connectivity index (χ3n) is 4.46. The number of hydrogen-bond acceptors (Lipinski definition) is 5. The van der Waals surface area contributed by atoms with E-state index in [9.17, 15) is 9.59 Å². The van der Waals surface area contributed by atoms with Crippen LogP contribution in [0.3, 0.4) is 0 Å². The zero-order chi connectivity index (χ0) is 16.2. The van der Waals surface area contributed by atoms with Crippen LogP contribution >= 0.6 is 11.6 Å². The number of anilines is 1. The van der Waals surface area contributed by atoms with Crippen molar-refractivity contribution in [3.8, 4) is 0 Å². The molecule has 1 aromatic rings. The fourth-order valence-corrected chi connectivity index (χ4v) is 3.45. The summed E-state index contributed by atoms with van der Waals surface area (Å²) >= 11 is 6.01. The molecule has 8 heteroatoms. The van der Waals surface area contributed by atoms with Crippen LogP contribution in [0.25, 0.3) is 0 Å². The molecule has 2 fully saturated rings. The molecule has 7 nitrogen and oxygen atoms in total. The summed E-state index contributed by atoms with van der Waals surface area (Å²) in [6, 6.07) is 0.236. The average molecular weight is 341 g/mol. The Morgan fingerprint density at radius 2 is 2.13 bits per heavy atom. The number of H-pyrrole nitrogens is 1. The number of carbonyl (C=O) groups is 1. The molecule has 1 aliphatic carbocycles. The summed E-state index contributed by atoms with van der Waals surface area (Å²) in [7, 11) is 0. The standard InChI is InChI=1S/C15H21ClN4O3/c16-13-12(8-17-19-14(13)21)20-7-6-11(9-20)23-15(22)18-10-4-2-1-3-5-10/h8,10-11H,1-7,9H2,(H,18,22)(H,19,21). The van der Waals surface area contributed by atoms with Gasteiger partial charge in [-0.15, -0.1) is 0 Å². The van der Waals surface area contributed by atoms with Crippen LogP contribution in [0.15, 0.2) is 11.0 Å². The second-order valence-electron chi connectivity index (χ2n) is 6.14. The Kier molecular flexibility index (Phi) is 5.05. The molecule has 1 saturated heterocycles. The largest absolute Gasteiger partial charge is 0.444 e. The molecule has 1 amide bonds. The molecule has 1 atom stereocenters. The minimum atomic E-state index is -0.413. The van der Waals surface area contributed by atoms with Gasteiger partial charge in [-0.2, -0.15) is 5.10 Å². The monoisotopic (exact) mass is 340 g/mol. The first kappa shape index (κ1) is 16.1. The summed E-state index contributed by atoms with van der Waals surface area (Å²) in [5, 5.41) is 9.13. The van der Waals surface area contributed by atoms with Gasteiger partial charge in [-0.05, 0) is 12.8 Å². The van der Waals surface area contributed by atoms with Gasteiger partial charge in [0.25, 0.3) is 5.56 Å². The zero-order valence-corrected chi connectivity index (χ0v) is 13.6. The molecule has 0 radical (unpaired) electrons. The predicted molar refractivity (Wildman–Crippen MR) is 87.0 cm³/mol. The highest BCUT2D eigenvalue weighted by atomic mass is 35.5. The number of aromatic amines is 1. The minimum absolute atomic E-state index is 0.118. The van der Waals surface area contributed by atoms with Crippen molar-refractivity contribution in [3.05, 3.63) is 21.6 Å². The van der Waals surface area contributed by atoms with Gasteiger partial charge in [0.05, 0.1) is 18.4 Å². The van der Waals surface area contributed by atoms with Gasteiger partial charge in [0.15, 0.2) is 0 Å². The number of hydrogen-bond donors (Lipinski definition) is 2. The number of nitrogens with zero attached hydrogens (tertiary/aromatic N) is 2. The fraction of sp³-hybridized carbons (Fsp3) is 0.667. The summed E-state index contributed by atoms with van der Waals surface area (Å²) in [6.07, 6.45) is 7.31. The predicted octanol–water partition coefficient (Wildman–Crippen LogP) is 2.06. The van der Waals surface area contributed by atoms with Gasteiger partial charge >= 0.3 is 6.09 Å². The Morgan fingerprint density at radius 3 is 2.91 bits per heavy atom. The van der Waals surface area contributed by atoms with Crippen molar-refractivity contribution >= 4 is 23.4 Å². The first-order chi connectivity index (χ1) is 11.1. The Bertz CT molecular complexity index is 615. The van der Waals surface area contributed by atoms with Crippen LogP contribution in [0.2, 0.25) is 5.02 Å². The molecule has 23 heavy (non-hydrogen) atoms. The van der Waals surface area contributed by atoms with E-state index in [1.165, 1.54) is 12.6 Å². The van der Waals surface area contributed by atoms with Crippen molar-refractivity contribution in [2.75, 3.05) is 18.0 Å². The molecule has 1 unspecified atom stereocenters. The van der Waals surface area contributed by atoms with Crippen LogP contribution in [-0.2, 0) is 4.74 Å². The average Bonchev–Trinajstić information content (AvgIpc) is 2.99. The molecule has 2 aliphatic rings. The highest BCUT2D eigenvalue weighted by Gasteiger charge is 2.28. The van der Waals surface area contributed by atoms with Crippen molar-refractivity contribution in [1.82, 2.24) is 15.5 Å². The van der Waals surface area contributed by atoms with Crippen LogP contribution in [0.4, 0.5) is 10.5 Å². The minimum Gasteiger partial charge on any atom is -0.444 e. The molecule has 2 heterocycles. The van der Waals surface area contributed by atoms with Crippen molar-refractivity contribution in [2.45, 2.75) is 50.7 Å². The highest BCUT2D eigenvalue weighted by Crippen LogP contribution is 2.26. The topological polar surface area (TPSA) is 87.3 Å². The van der Waals surface area contributed by atoms with E-state index in [4.69, 9.17) is 16.3 Å². The number of carbonyl (C=O) groups excluding carboxylic acids is 1. The lowest BCUT2D eigenvalue weighted by molar-refractivity contribution is 0.103. The zero-order valence-electron chi connectivity index (χ0n) is 12.9. The molecule has 3 rings (SSSR count). The molecular weight excluding hydrogens is 320 g/mol. The molecule has 0 spiro atoms. The van der Waals surface area contributed by atoms with Crippen LogP contribution < -0.4 is 15.8 Å². The van der Waals surface area contributed by atoms with Gasteiger partial charge in [0.1, 0.15) is 11.1 Å². The van der Waals surface area contributed by atoms with Crippen LogP contribution in [0, 0.1) is 0 Å². The van der Waals surface area contributed by atoms with E-state index < -0.39 is 5.56 Å². The summed E-state index contributed by atoms with van der Waals surface area (Å²) in [5.74, 6) is 0. The van der Waals surface area contributed by atoms with Crippen molar-refractivity contribution in [3.63, 3.8) is 0 Å². The van der Waals surface area contributed by atoms with E-state index in [1.807, 2.05) is 4.90 Å². The van der Waals surface area contributed by atoms with E-state index in [2.05, 4.69) is 15.5 Å². The number of aromatic nitrogens is 2. The van der Waals surface area contributed by atoms with Gasteiger partial charge in [0, 0.05) is 19.0 Å². The first-order valence-electron chi connectivity index (χ1n) is 8.09. The second kappa shape index (κ2) is 7.21. The smallest absolute Gasteiger partial charge is 0.407 e. The molecule has 0 aromatic carbocycles. The van der Waals surface area contributed by atoms with Crippen molar-refractivity contribution in [1.29, 1.82) is 0 Å². The number of nitrogens with one attached hydrogen (secondary N) is 2. The maximum absolute atomic E-state index is 12.0. The van der Waals surface area contributed by atoms with Crippen molar-refractivity contribution in [2.24, 2.45) is 0 Å². The number of ether oxygens (including phenoxy) is 1. The first-order valence-corrected chi connectivity index (χ1v) is 8.46. The highest BCUT2D eigenvalue weighted by molar-refractivity contribution is 6.33. The Balaban J connectivity index is 1.52. The Morgan fingerprint density at radius 1 is 1.35 bits per heavy atom. The van der Waals surface area contributed by atoms with Gasteiger partial charge in [-0.3, -0.25) is 4.79 Å². The molecule has 2 N–H and O–H groups in total. The molecular formula is C15H21ClN4O3. The van der Waals surface area contributed by atoms with Crippen LogP contribution in [-0.4, -0.2) is 41.5 Å². The molecule has 126 valence electrons. The normalized spacial score (nSPS) is 22.1. The van der Waals surface area contributed by atoms with Gasteiger partial charge < -0.3 is 15.0 Å². The van der Waals surface area contributed by atoms with Gasteiger partial charge in [0.2, 0.25) is 0 Å². The molecule has 1 aliphatic heterocycles. The van der Waals surface area contributed by atoms with E-state index in [-0.39, 0.29) is 23.3 Å². The van der Waals surface area contributed by atoms with E-state index in [1.54, 1.807) is 0 Å². The van der Waals surface area contributed by atoms with Gasteiger partial charge in [-0.1, -0.05) is 30.9 Å². The fourth-order valence-electron chi connectivity index (χ4n) is 3.24. The van der Waals surface area contributed by atoms with E-state index in [0.717, 1.165) is 25.7 Å². The summed E-state index contributed by atoms with van der Waals surface area (Å²) < 4.78 is 5.49. The lowest BCUT2D eigenvalue weighted by atomic mass is 9.96. The van der Waals surface area contributed by atoms with Gasteiger partial charge in [-0.25, -0.2) is 9.89 Å². The lowest BCUT2D eigenvalue weighted by Crippen LogP contribution is -2.39. The number of amides is 1. The Hall–Kier alpha value is -1.76. The van der Waals surface area contributed by atoms with Crippen LogP contribution in [0.1, 0.15) is 38.5 Å². The third-order valence-corrected chi connectivity index (χ3v) is 4.83. The summed E-state index contributed by atoms with van der Waals surface area (Å²) in [5.41, 5.74) is 0.165. The molecule has 1 aromatic heterocycles. The SMILES string of the molecule is O=C(NC1CCCCC1)OC1CCN(c2cn[nH]c(=O)c2Cl)C1. The van der Waals surface area contributed by atoms with Crippen LogP contribution in [0.5, 0.6) is 0 Å². The van der Waals surface area contributed by atoms with E-state index in [0.29, 0.717) is 25.2 Å². The van der Waals surface area contributed by atoms with E-state index >= 15 is 0 Å².